The fourth-order valence-corrected chi connectivity index (χ4v) is 4.12. The minimum Gasteiger partial charge on any atom is -0.484 e. The van der Waals surface area contributed by atoms with Crippen molar-refractivity contribution in [2.24, 2.45) is 0 Å². The number of hydrogen-bond acceptors (Lipinski definition) is 3. The highest BCUT2D eigenvalue weighted by molar-refractivity contribution is 14.1. The molecular weight excluding hydrogens is 586 g/mol. The first kappa shape index (κ1) is 26.3. The topological polar surface area (TPSA) is 58.6 Å². The van der Waals surface area contributed by atoms with Gasteiger partial charge < -0.3 is 15.0 Å². The summed E-state index contributed by atoms with van der Waals surface area (Å²) in [6.45, 7) is 2.29. The zero-order valence-electron chi connectivity index (χ0n) is 18.6. The maximum atomic E-state index is 13.4. The molecule has 1 N–H and O–H groups in total. The summed E-state index contributed by atoms with van der Waals surface area (Å²) in [5.74, 6) is 0.0479. The molecule has 8 heteroatoms. The van der Waals surface area contributed by atoms with Crippen LogP contribution < -0.4 is 10.1 Å². The van der Waals surface area contributed by atoms with Crippen molar-refractivity contribution in [2.45, 2.75) is 25.9 Å². The molecule has 3 rings (SSSR count). The summed E-state index contributed by atoms with van der Waals surface area (Å²) in [6.07, 6.45) is 0.364. The zero-order valence-corrected chi connectivity index (χ0v) is 22.3. The SMILES string of the molecule is CCNC(=O)[C@H](Cc1ccccc1)N(Cc1ccc(Cl)c(Cl)c1)C(=O)COc1ccc(I)cc1. The number of carbonyl (C=O) groups is 2. The van der Waals surface area contributed by atoms with Gasteiger partial charge in [-0.1, -0.05) is 59.6 Å². The van der Waals surface area contributed by atoms with Gasteiger partial charge in [0.25, 0.3) is 5.91 Å². The van der Waals surface area contributed by atoms with Crippen LogP contribution in [0.25, 0.3) is 0 Å². The van der Waals surface area contributed by atoms with Crippen LogP contribution in [-0.2, 0) is 22.6 Å². The van der Waals surface area contributed by atoms with E-state index < -0.39 is 6.04 Å². The van der Waals surface area contributed by atoms with E-state index in [2.05, 4.69) is 27.9 Å². The van der Waals surface area contributed by atoms with E-state index in [0.717, 1.165) is 14.7 Å². The molecule has 1 atom stereocenters. The van der Waals surface area contributed by atoms with E-state index >= 15 is 0 Å². The minimum atomic E-state index is -0.732. The van der Waals surface area contributed by atoms with E-state index in [1.54, 1.807) is 23.1 Å². The third-order valence-corrected chi connectivity index (χ3v) is 6.59. The Labute approximate surface area is 223 Å². The Bertz CT molecular complexity index is 1110. The lowest BCUT2D eigenvalue weighted by Crippen LogP contribution is -2.51. The van der Waals surface area contributed by atoms with Gasteiger partial charge in [0, 0.05) is 23.1 Å². The molecule has 2 amide bonds. The fraction of sp³-hybridized carbons (Fsp3) is 0.231. The lowest BCUT2D eigenvalue weighted by molar-refractivity contribution is -0.142. The van der Waals surface area contributed by atoms with Gasteiger partial charge in [0.1, 0.15) is 11.8 Å². The van der Waals surface area contributed by atoms with Crippen LogP contribution in [0.2, 0.25) is 10.0 Å². The van der Waals surface area contributed by atoms with Crippen LogP contribution in [0.4, 0.5) is 0 Å². The summed E-state index contributed by atoms with van der Waals surface area (Å²) in [5.41, 5.74) is 1.71. The average Bonchev–Trinajstić information content (AvgIpc) is 2.83. The molecule has 0 aromatic heterocycles. The van der Waals surface area contributed by atoms with Crippen LogP contribution in [-0.4, -0.2) is 35.9 Å². The Morgan fingerprint density at radius 3 is 2.32 bits per heavy atom. The number of halogens is 3. The van der Waals surface area contributed by atoms with Crippen molar-refractivity contribution in [3.05, 3.63) is 97.5 Å². The second kappa shape index (κ2) is 13.0. The number of carbonyl (C=O) groups excluding carboxylic acids is 2. The monoisotopic (exact) mass is 610 g/mol. The number of ether oxygens (including phenoxy) is 1. The van der Waals surface area contributed by atoms with Crippen LogP contribution >= 0.6 is 45.8 Å². The Balaban J connectivity index is 1.90. The van der Waals surface area contributed by atoms with Gasteiger partial charge in [0.05, 0.1) is 10.0 Å². The predicted molar refractivity (Wildman–Crippen MR) is 144 cm³/mol. The van der Waals surface area contributed by atoms with Crippen LogP contribution in [0.5, 0.6) is 5.75 Å². The standard InChI is InChI=1S/C26H25Cl2IN2O3/c1-2-30-26(33)24(15-18-6-4-3-5-7-18)31(16-19-8-13-22(27)23(28)14-19)25(32)17-34-21-11-9-20(29)10-12-21/h3-14,24H,2,15-17H2,1H3,(H,30,33)/t24-/m0/s1. The first-order chi connectivity index (χ1) is 16.4. The van der Waals surface area contributed by atoms with Crippen molar-refractivity contribution in [1.29, 1.82) is 0 Å². The highest BCUT2D eigenvalue weighted by Gasteiger charge is 2.30. The highest BCUT2D eigenvalue weighted by atomic mass is 127. The number of likely N-dealkylation sites (N-methyl/N-ethyl adjacent to an activating group) is 1. The summed E-state index contributed by atoms with van der Waals surface area (Å²) < 4.78 is 6.82. The Morgan fingerprint density at radius 1 is 0.971 bits per heavy atom. The summed E-state index contributed by atoms with van der Waals surface area (Å²) in [4.78, 5) is 28.1. The van der Waals surface area contributed by atoms with E-state index in [4.69, 9.17) is 27.9 Å². The first-order valence-corrected chi connectivity index (χ1v) is 12.6. The summed E-state index contributed by atoms with van der Waals surface area (Å²) in [7, 11) is 0. The Morgan fingerprint density at radius 2 is 1.68 bits per heavy atom. The smallest absolute Gasteiger partial charge is 0.261 e. The quantitative estimate of drug-likeness (QED) is 0.297. The van der Waals surface area contributed by atoms with Gasteiger partial charge in [-0.15, -0.1) is 0 Å². The molecule has 178 valence electrons. The second-order valence-electron chi connectivity index (χ2n) is 7.61. The molecule has 3 aromatic rings. The molecule has 0 aliphatic rings. The van der Waals surface area contributed by atoms with Crippen molar-refractivity contribution < 1.29 is 14.3 Å². The van der Waals surface area contributed by atoms with Gasteiger partial charge in [-0.3, -0.25) is 9.59 Å². The number of rotatable bonds is 10. The molecule has 34 heavy (non-hydrogen) atoms. The van der Waals surface area contributed by atoms with Gasteiger partial charge in [-0.2, -0.15) is 0 Å². The number of amides is 2. The second-order valence-corrected chi connectivity index (χ2v) is 9.67. The van der Waals surface area contributed by atoms with Gasteiger partial charge in [-0.25, -0.2) is 0 Å². The number of nitrogens with zero attached hydrogens (tertiary/aromatic N) is 1. The average molecular weight is 611 g/mol. The van der Waals surface area contributed by atoms with Gasteiger partial charge in [0.2, 0.25) is 5.91 Å². The van der Waals surface area contributed by atoms with Crippen LogP contribution in [0.15, 0.2) is 72.8 Å². The summed E-state index contributed by atoms with van der Waals surface area (Å²) >= 11 is 14.5. The van der Waals surface area contributed by atoms with Crippen LogP contribution in [0.1, 0.15) is 18.1 Å². The zero-order chi connectivity index (χ0) is 24.5. The maximum Gasteiger partial charge on any atom is 0.261 e. The molecule has 0 fully saturated rings. The summed E-state index contributed by atoms with van der Waals surface area (Å²) in [5, 5.41) is 3.68. The van der Waals surface area contributed by atoms with E-state index in [9.17, 15) is 9.59 Å². The Hall–Kier alpha value is -2.29. The number of benzene rings is 3. The van der Waals surface area contributed by atoms with E-state index in [0.29, 0.717) is 28.8 Å². The molecule has 5 nitrogen and oxygen atoms in total. The molecule has 0 unspecified atom stereocenters. The molecule has 0 aliphatic carbocycles. The molecule has 0 aliphatic heterocycles. The number of hydrogen-bond donors (Lipinski definition) is 1. The molecule has 3 aromatic carbocycles. The minimum absolute atomic E-state index is 0.181. The lowest BCUT2D eigenvalue weighted by Gasteiger charge is -2.31. The van der Waals surface area contributed by atoms with Crippen molar-refractivity contribution in [2.75, 3.05) is 13.2 Å². The van der Waals surface area contributed by atoms with Gasteiger partial charge in [0.15, 0.2) is 6.61 Å². The van der Waals surface area contributed by atoms with E-state index in [1.807, 2.05) is 61.5 Å². The van der Waals surface area contributed by atoms with Crippen LogP contribution in [0.3, 0.4) is 0 Å². The normalized spacial score (nSPS) is 11.5. The highest BCUT2D eigenvalue weighted by Crippen LogP contribution is 2.24. The maximum absolute atomic E-state index is 13.4. The molecular formula is C26H25Cl2IN2O3. The van der Waals surface area contributed by atoms with Gasteiger partial charge >= 0.3 is 0 Å². The Kier molecular flexibility index (Phi) is 10.0. The van der Waals surface area contributed by atoms with Crippen molar-refractivity contribution in [3.8, 4) is 5.75 Å². The van der Waals surface area contributed by atoms with Crippen molar-refractivity contribution >= 4 is 57.6 Å². The number of nitrogens with one attached hydrogen (secondary N) is 1. The van der Waals surface area contributed by atoms with Crippen LogP contribution in [0, 0.1) is 3.57 Å². The molecule has 0 heterocycles. The largest absolute Gasteiger partial charge is 0.484 e. The first-order valence-electron chi connectivity index (χ1n) is 10.8. The molecule has 0 saturated heterocycles. The summed E-state index contributed by atoms with van der Waals surface area (Å²) in [6, 6.07) is 21.5. The molecule has 0 spiro atoms. The third-order valence-electron chi connectivity index (χ3n) is 5.13. The lowest BCUT2D eigenvalue weighted by atomic mass is 10.0. The predicted octanol–water partition coefficient (Wildman–Crippen LogP) is 5.75. The van der Waals surface area contributed by atoms with Crippen molar-refractivity contribution in [3.63, 3.8) is 0 Å². The van der Waals surface area contributed by atoms with E-state index in [-0.39, 0.29) is 25.0 Å². The third kappa shape index (κ3) is 7.61. The van der Waals surface area contributed by atoms with Crippen molar-refractivity contribution in [1.82, 2.24) is 10.2 Å². The molecule has 0 radical (unpaired) electrons. The van der Waals surface area contributed by atoms with Gasteiger partial charge in [-0.05, 0) is 77.0 Å². The molecule has 0 bridgehead atoms. The molecule has 0 saturated carbocycles. The van der Waals surface area contributed by atoms with E-state index in [1.165, 1.54) is 0 Å². The fourth-order valence-electron chi connectivity index (χ4n) is 3.44.